The number of nitrogens with zero attached hydrogens (tertiary/aromatic N) is 2. The number of benzene rings is 2. The Morgan fingerprint density at radius 3 is 2.48 bits per heavy atom. The summed E-state index contributed by atoms with van der Waals surface area (Å²) in [6, 6.07) is 17.3. The normalized spacial score (nSPS) is 10.6. The van der Waals surface area contributed by atoms with E-state index in [1.807, 2.05) is 73.3 Å². The van der Waals surface area contributed by atoms with Crippen LogP contribution in [0.4, 0.5) is 0 Å². The van der Waals surface area contributed by atoms with Crippen LogP contribution in [0.5, 0.6) is 5.75 Å². The molecule has 0 aliphatic rings. The number of aromatic nitrogens is 1. The van der Waals surface area contributed by atoms with E-state index in [0.717, 1.165) is 33.5 Å². The van der Waals surface area contributed by atoms with Gasteiger partial charge in [-0.1, -0.05) is 30.4 Å². The van der Waals surface area contributed by atoms with Crippen LogP contribution in [0.15, 0.2) is 66.7 Å². The van der Waals surface area contributed by atoms with E-state index >= 15 is 0 Å². The van der Waals surface area contributed by atoms with E-state index in [2.05, 4.69) is 6.58 Å². The van der Waals surface area contributed by atoms with Crippen LogP contribution in [-0.2, 0) is 0 Å². The fourth-order valence-electron chi connectivity index (χ4n) is 3.09. The van der Waals surface area contributed by atoms with Gasteiger partial charge in [0.1, 0.15) is 5.75 Å². The van der Waals surface area contributed by atoms with Crippen LogP contribution >= 0.6 is 0 Å². The maximum Gasteiger partial charge on any atom is 0.254 e. The van der Waals surface area contributed by atoms with E-state index in [4.69, 9.17) is 9.72 Å². The van der Waals surface area contributed by atoms with Gasteiger partial charge >= 0.3 is 0 Å². The molecule has 0 saturated carbocycles. The first-order chi connectivity index (χ1) is 13.0. The fraction of sp³-hybridized carbons (Fsp3) is 0.217. The summed E-state index contributed by atoms with van der Waals surface area (Å²) >= 11 is 0. The third-order valence-electron chi connectivity index (χ3n) is 4.46. The van der Waals surface area contributed by atoms with Gasteiger partial charge in [-0.2, -0.15) is 0 Å². The molecule has 3 rings (SSSR count). The zero-order chi connectivity index (χ0) is 19.4. The summed E-state index contributed by atoms with van der Waals surface area (Å²) in [7, 11) is 1.64. The lowest BCUT2D eigenvalue weighted by molar-refractivity contribution is 0.0780. The lowest BCUT2D eigenvalue weighted by Gasteiger charge is -2.22. The SMILES string of the molecule is C=C(C)CN(CC)C(=O)c1cc(-c2ccc(OC)cc2)nc2ccccc12. The van der Waals surface area contributed by atoms with Gasteiger partial charge in [-0.25, -0.2) is 4.98 Å². The highest BCUT2D eigenvalue weighted by Gasteiger charge is 2.19. The van der Waals surface area contributed by atoms with Gasteiger partial charge in [-0.05, 0) is 50.2 Å². The molecule has 3 aromatic rings. The Kier molecular flexibility index (Phi) is 5.55. The van der Waals surface area contributed by atoms with Crippen LogP contribution in [0.1, 0.15) is 24.2 Å². The Hall–Kier alpha value is -3.14. The molecule has 0 spiro atoms. The van der Waals surface area contributed by atoms with Gasteiger partial charge in [0.2, 0.25) is 0 Å². The van der Waals surface area contributed by atoms with Gasteiger partial charge in [-0.3, -0.25) is 4.79 Å². The Morgan fingerprint density at radius 1 is 1.15 bits per heavy atom. The number of hydrogen-bond donors (Lipinski definition) is 0. The third-order valence-corrected chi connectivity index (χ3v) is 4.46. The maximum absolute atomic E-state index is 13.2. The molecule has 0 unspecified atom stereocenters. The molecule has 27 heavy (non-hydrogen) atoms. The number of carbonyl (C=O) groups is 1. The average Bonchev–Trinajstić information content (AvgIpc) is 2.70. The number of methoxy groups -OCH3 is 1. The lowest BCUT2D eigenvalue weighted by Crippen LogP contribution is -2.32. The quantitative estimate of drug-likeness (QED) is 0.584. The second-order valence-electron chi connectivity index (χ2n) is 6.58. The summed E-state index contributed by atoms with van der Waals surface area (Å²) < 4.78 is 5.23. The molecule has 138 valence electrons. The first kappa shape index (κ1) is 18.6. The standard InChI is InChI=1S/C23H24N2O2/c1-5-25(15-16(2)3)23(26)20-14-22(17-10-12-18(27-4)13-11-17)24-21-9-7-6-8-19(20)21/h6-14H,2,5,15H2,1,3-4H3. The Balaban J connectivity index is 2.12. The Bertz CT molecular complexity index is 977. The zero-order valence-corrected chi connectivity index (χ0v) is 16.0. The predicted molar refractivity (Wildman–Crippen MR) is 110 cm³/mol. The highest BCUT2D eigenvalue weighted by molar-refractivity contribution is 6.07. The van der Waals surface area contributed by atoms with Gasteiger partial charge in [0, 0.05) is 24.0 Å². The number of pyridine rings is 1. The molecule has 4 heteroatoms. The fourth-order valence-corrected chi connectivity index (χ4v) is 3.09. The minimum atomic E-state index is -0.00568. The first-order valence-corrected chi connectivity index (χ1v) is 9.01. The summed E-state index contributed by atoms with van der Waals surface area (Å²) in [5.74, 6) is 0.781. The largest absolute Gasteiger partial charge is 0.497 e. The van der Waals surface area contributed by atoms with E-state index in [1.165, 1.54) is 0 Å². The molecule has 0 bridgehead atoms. The molecule has 2 aromatic carbocycles. The highest BCUT2D eigenvalue weighted by Crippen LogP contribution is 2.27. The third kappa shape index (κ3) is 4.00. The minimum absolute atomic E-state index is 0.00568. The smallest absolute Gasteiger partial charge is 0.254 e. The van der Waals surface area contributed by atoms with Crippen LogP contribution in [0.2, 0.25) is 0 Å². The number of hydrogen-bond acceptors (Lipinski definition) is 3. The molecule has 0 fully saturated rings. The summed E-state index contributed by atoms with van der Waals surface area (Å²) in [6.07, 6.45) is 0. The van der Waals surface area contributed by atoms with Crippen molar-refractivity contribution in [3.63, 3.8) is 0 Å². The van der Waals surface area contributed by atoms with Crippen molar-refractivity contribution in [3.05, 3.63) is 72.3 Å². The lowest BCUT2D eigenvalue weighted by atomic mass is 10.0. The molecule has 0 N–H and O–H groups in total. The van der Waals surface area contributed by atoms with Crippen LogP contribution in [-0.4, -0.2) is 36.0 Å². The molecule has 0 aliphatic heterocycles. The van der Waals surface area contributed by atoms with Crippen molar-refractivity contribution < 1.29 is 9.53 Å². The summed E-state index contributed by atoms with van der Waals surface area (Å²) in [4.78, 5) is 19.8. The van der Waals surface area contributed by atoms with E-state index < -0.39 is 0 Å². The van der Waals surface area contributed by atoms with Gasteiger partial charge in [0.05, 0.1) is 23.9 Å². The Labute approximate surface area is 160 Å². The van der Waals surface area contributed by atoms with Crippen molar-refractivity contribution in [2.24, 2.45) is 0 Å². The topological polar surface area (TPSA) is 42.4 Å². The minimum Gasteiger partial charge on any atom is -0.497 e. The van der Waals surface area contributed by atoms with E-state index in [1.54, 1.807) is 7.11 Å². The van der Waals surface area contributed by atoms with Crippen LogP contribution in [0.25, 0.3) is 22.2 Å². The van der Waals surface area contributed by atoms with E-state index in [9.17, 15) is 4.79 Å². The number of ether oxygens (including phenoxy) is 1. The molecule has 1 heterocycles. The highest BCUT2D eigenvalue weighted by atomic mass is 16.5. The number of likely N-dealkylation sites (N-methyl/N-ethyl adjacent to an activating group) is 1. The first-order valence-electron chi connectivity index (χ1n) is 9.01. The van der Waals surface area contributed by atoms with Crippen LogP contribution in [0.3, 0.4) is 0 Å². The Morgan fingerprint density at radius 2 is 1.85 bits per heavy atom. The molecule has 0 saturated heterocycles. The zero-order valence-electron chi connectivity index (χ0n) is 16.0. The van der Waals surface area contributed by atoms with Crippen molar-refractivity contribution in [1.82, 2.24) is 9.88 Å². The van der Waals surface area contributed by atoms with Gasteiger partial charge < -0.3 is 9.64 Å². The molecular formula is C23H24N2O2. The predicted octanol–water partition coefficient (Wildman–Crippen LogP) is 4.95. The monoisotopic (exact) mass is 360 g/mol. The van der Waals surface area contributed by atoms with Crippen LogP contribution < -0.4 is 4.74 Å². The van der Waals surface area contributed by atoms with Crippen molar-refractivity contribution in [3.8, 4) is 17.0 Å². The second-order valence-corrected chi connectivity index (χ2v) is 6.58. The van der Waals surface area contributed by atoms with Gasteiger partial charge in [-0.15, -0.1) is 0 Å². The average molecular weight is 360 g/mol. The molecule has 4 nitrogen and oxygen atoms in total. The molecule has 0 aliphatic carbocycles. The van der Waals surface area contributed by atoms with Crippen molar-refractivity contribution >= 4 is 16.8 Å². The summed E-state index contributed by atoms with van der Waals surface area (Å²) in [6.45, 7) is 9.03. The van der Waals surface area contributed by atoms with E-state index in [-0.39, 0.29) is 5.91 Å². The number of rotatable bonds is 6. The number of para-hydroxylation sites is 1. The van der Waals surface area contributed by atoms with Crippen LogP contribution in [0, 0.1) is 0 Å². The van der Waals surface area contributed by atoms with Crippen molar-refractivity contribution in [2.45, 2.75) is 13.8 Å². The molecular weight excluding hydrogens is 336 g/mol. The summed E-state index contributed by atoms with van der Waals surface area (Å²) in [5.41, 5.74) is 4.14. The second kappa shape index (κ2) is 8.04. The number of amides is 1. The summed E-state index contributed by atoms with van der Waals surface area (Å²) in [5, 5.41) is 0.861. The molecule has 0 radical (unpaired) electrons. The number of carbonyl (C=O) groups excluding carboxylic acids is 1. The van der Waals surface area contributed by atoms with Gasteiger partial charge in [0.25, 0.3) is 5.91 Å². The molecule has 0 atom stereocenters. The maximum atomic E-state index is 13.2. The van der Waals surface area contributed by atoms with Crippen molar-refractivity contribution in [1.29, 1.82) is 0 Å². The van der Waals surface area contributed by atoms with Crippen molar-refractivity contribution in [2.75, 3.05) is 20.2 Å². The molecule has 1 aromatic heterocycles. The van der Waals surface area contributed by atoms with E-state index in [0.29, 0.717) is 18.7 Å². The molecule has 1 amide bonds. The van der Waals surface area contributed by atoms with Gasteiger partial charge in [0.15, 0.2) is 0 Å². The number of fused-ring (bicyclic) bond motifs is 1.